The molecule has 1 nitrogen and oxygen atoms in total. The molecule has 0 aromatic heterocycles. The topological polar surface area (TPSA) is 17.1 Å². The summed E-state index contributed by atoms with van der Waals surface area (Å²) in [5, 5.41) is 0. The first-order valence-corrected chi connectivity index (χ1v) is 5.44. The highest BCUT2D eigenvalue weighted by molar-refractivity contribution is 6.17. The fourth-order valence-corrected chi connectivity index (χ4v) is 2.08. The molecule has 12 heavy (non-hydrogen) atoms. The van der Waals surface area contributed by atoms with E-state index in [0.29, 0.717) is 11.7 Å². The summed E-state index contributed by atoms with van der Waals surface area (Å²) in [7, 11) is 0. The lowest BCUT2D eigenvalue weighted by Gasteiger charge is -2.20. The summed E-state index contributed by atoms with van der Waals surface area (Å²) in [5.41, 5.74) is 0. The van der Waals surface area contributed by atoms with Gasteiger partial charge in [-0.25, -0.2) is 0 Å². The second-order valence-corrected chi connectivity index (χ2v) is 4.06. The normalized spacial score (nSPS) is 24.4. The van der Waals surface area contributed by atoms with Crippen molar-refractivity contribution in [1.29, 1.82) is 0 Å². The largest absolute Gasteiger partial charge is 0.300 e. The average molecular weight is 189 g/mol. The van der Waals surface area contributed by atoms with E-state index in [-0.39, 0.29) is 0 Å². The van der Waals surface area contributed by atoms with Crippen molar-refractivity contribution in [2.24, 2.45) is 5.92 Å². The summed E-state index contributed by atoms with van der Waals surface area (Å²) in [6, 6.07) is 0. The van der Waals surface area contributed by atoms with Crippen molar-refractivity contribution in [3.8, 4) is 0 Å². The van der Waals surface area contributed by atoms with Crippen molar-refractivity contribution in [2.75, 3.05) is 5.88 Å². The zero-order valence-corrected chi connectivity index (χ0v) is 8.28. The van der Waals surface area contributed by atoms with Gasteiger partial charge >= 0.3 is 0 Å². The van der Waals surface area contributed by atoms with E-state index < -0.39 is 0 Å². The van der Waals surface area contributed by atoms with E-state index in [1.165, 1.54) is 19.3 Å². The average Bonchev–Trinajstić information content (AvgIpc) is 2.05. The maximum atomic E-state index is 11.1. The Morgan fingerprint density at radius 2 is 2.25 bits per heavy atom. The fourth-order valence-electron chi connectivity index (χ4n) is 1.89. The number of hydrogen-bond donors (Lipinski definition) is 0. The molecule has 1 aliphatic carbocycles. The second kappa shape index (κ2) is 5.58. The molecule has 0 aromatic carbocycles. The Morgan fingerprint density at radius 3 is 2.92 bits per heavy atom. The molecule has 1 atom stereocenters. The molecule has 0 aliphatic heterocycles. The summed E-state index contributed by atoms with van der Waals surface area (Å²) in [4.78, 5) is 11.1. The van der Waals surface area contributed by atoms with Crippen LogP contribution in [0.15, 0.2) is 0 Å². The fraction of sp³-hybridized carbons (Fsp3) is 0.900. The lowest BCUT2D eigenvalue weighted by atomic mass is 9.85. The van der Waals surface area contributed by atoms with Crippen molar-refractivity contribution in [3.05, 3.63) is 0 Å². The third-order valence-corrected chi connectivity index (χ3v) is 2.85. The van der Waals surface area contributed by atoms with Crippen LogP contribution in [0.5, 0.6) is 0 Å². The molecule has 0 radical (unpaired) electrons. The Hall–Kier alpha value is -0.0400. The third-order valence-electron chi connectivity index (χ3n) is 2.58. The van der Waals surface area contributed by atoms with Crippen LogP contribution in [0.25, 0.3) is 0 Å². The molecule has 0 saturated heterocycles. The van der Waals surface area contributed by atoms with Gasteiger partial charge in [0.2, 0.25) is 0 Å². The summed E-state index contributed by atoms with van der Waals surface area (Å²) >= 11 is 5.58. The Balaban J connectivity index is 2.10. The number of unbranched alkanes of at least 4 members (excludes halogenated alkanes) is 1. The van der Waals surface area contributed by atoms with Gasteiger partial charge in [0.25, 0.3) is 0 Å². The molecule has 1 unspecified atom stereocenters. The minimum atomic E-state index is 0.470. The van der Waals surface area contributed by atoms with Gasteiger partial charge in [0.1, 0.15) is 5.78 Å². The number of carbonyl (C=O) groups excluding carboxylic acids is 1. The molecule has 1 fully saturated rings. The molecule has 0 N–H and O–H groups in total. The molecule has 0 bridgehead atoms. The van der Waals surface area contributed by atoms with Crippen LogP contribution in [-0.4, -0.2) is 11.7 Å². The van der Waals surface area contributed by atoms with E-state index in [1.807, 2.05) is 0 Å². The predicted octanol–water partition coefficient (Wildman–Crippen LogP) is 3.15. The minimum Gasteiger partial charge on any atom is -0.300 e. The molecule has 70 valence electrons. The van der Waals surface area contributed by atoms with E-state index in [2.05, 4.69) is 0 Å². The SMILES string of the molecule is O=C1CCCC(CCCCCl)C1. The highest BCUT2D eigenvalue weighted by Crippen LogP contribution is 2.25. The van der Waals surface area contributed by atoms with Gasteiger partial charge in [-0.2, -0.15) is 0 Å². The molecule has 1 saturated carbocycles. The zero-order valence-electron chi connectivity index (χ0n) is 7.52. The van der Waals surface area contributed by atoms with E-state index >= 15 is 0 Å². The summed E-state index contributed by atoms with van der Waals surface area (Å²) in [6.45, 7) is 0. The number of alkyl halides is 1. The van der Waals surface area contributed by atoms with Gasteiger partial charge in [-0.05, 0) is 31.6 Å². The Kier molecular flexibility index (Phi) is 4.67. The van der Waals surface area contributed by atoms with Crippen LogP contribution < -0.4 is 0 Å². The first kappa shape index (κ1) is 10.0. The number of ketones is 1. The highest BCUT2D eigenvalue weighted by Gasteiger charge is 2.18. The van der Waals surface area contributed by atoms with Crippen LogP contribution in [0.3, 0.4) is 0 Å². The van der Waals surface area contributed by atoms with Crippen LogP contribution in [0.2, 0.25) is 0 Å². The maximum absolute atomic E-state index is 11.1. The number of Topliss-reactive ketones (excluding diaryl/α,β-unsaturated/α-hetero) is 1. The number of halogens is 1. The number of hydrogen-bond acceptors (Lipinski definition) is 1. The smallest absolute Gasteiger partial charge is 0.133 e. The number of carbonyl (C=O) groups is 1. The quantitative estimate of drug-likeness (QED) is 0.489. The predicted molar refractivity (Wildman–Crippen MR) is 51.5 cm³/mol. The first-order valence-electron chi connectivity index (χ1n) is 4.90. The lowest BCUT2D eigenvalue weighted by Crippen LogP contribution is -2.14. The monoisotopic (exact) mass is 188 g/mol. The zero-order chi connectivity index (χ0) is 8.81. The van der Waals surface area contributed by atoms with Crippen LogP contribution >= 0.6 is 11.6 Å². The van der Waals surface area contributed by atoms with Gasteiger partial charge in [-0.1, -0.05) is 6.42 Å². The van der Waals surface area contributed by atoms with Crippen molar-refractivity contribution < 1.29 is 4.79 Å². The van der Waals surface area contributed by atoms with E-state index in [1.54, 1.807) is 0 Å². The van der Waals surface area contributed by atoms with E-state index in [0.717, 1.165) is 31.6 Å². The van der Waals surface area contributed by atoms with Crippen LogP contribution in [0.1, 0.15) is 44.9 Å². The molecule has 1 aliphatic rings. The van der Waals surface area contributed by atoms with Gasteiger partial charge in [-0.3, -0.25) is 4.79 Å². The molecular formula is C10H17ClO. The standard InChI is InChI=1S/C10H17ClO/c11-7-2-1-4-9-5-3-6-10(12)8-9/h9H,1-8H2. The summed E-state index contributed by atoms with van der Waals surface area (Å²) in [5.74, 6) is 1.91. The maximum Gasteiger partial charge on any atom is 0.133 e. The molecule has 0 amide bonds. The Bertz CT molecular complexity index is 145. The molecule has 0 spiro atoms. The molecule has 1 rings (SSSR count). The first-order chi connectivity index (χ1) is 5.83. The van der Waals surface area contributed by atoms with Crippen LogP contribution in [0.4, 0.5) is 0 Å². The number of rotatable bonds is 4. The molecule has 0 heterocycles. The minimum absolute atomic E-state index is 0.470. The van der Waals surface area contributed by atoms with Gasteiger partial charge in [0.05, 0.1) is 0 Å². The van der Waals surface area contributed by atoms with Gasteiger partial charge in [0, 0.05) is 18.7 Å². The second-order valence-electron chi connectivity index (χ2n) is 3.69. The van der Waals surface area contributed by atoms with Crippen LogP contribution in [0, 0.1) is 5.92 Å². The van der Waals surface area contributed by atoms with Crippen LogP contribution in [-0.2, 0) is 4.79 Å². The molecule has 2 heteroatoms. The third kappa shape index (κ3) is 3.57. The van der Waals surface area contributed by atoms with Gasteiger partial charge in [-0.15, -0.1) is 11.6 Å². The van der Waals surface area contributed by atoms with Gasteiger partial charge in [0.15, 0.2) is 0 Å². The Labute approximate surface area is 79.5 Å². The highest BCUT2D eigenvalue weighted by atomic mass is 35.5. The van der Waals surface area contributed by atoms with E-state index in [9.17, 15) is 4.79 Å². The lowest BCUT2D eigenvalue weighted by molar-refractivity contribution is -0.121. The molecular weight excluding hydrogens is 172 g/mol. The van der Waals surface area contributed by atoms with Crippen molar-refractivity contribution >= 4 is 17.4 Å². The summed E-state index contributed by atoms with van der Waals surface area (Å²) in [6.07, 6.45) is 7.54. The van der Waals surface area contributed by atoms with Crippen molar-refractivity contribution in [1.82, 2.24) is 0 Å². The van der Waals surface area contributed by atoms with Crippen molar-refractivity contribution in [3.63, 3.8) is 0 Å². The Morgan fingerprint density at radius 1 is 1.42 bits per heavy atom. The van der Waals surface area contributed by atoms with Gasteiger partial charge < -0.3 is 0 Å². The van der Waals surface area contributed by atoms with E-state index in [4.69, 9.17) is 11.6 Å². The van der Waals surface area contributed by atoms with Crippen molar-refractivity contribution in [2.45, 2.75) is 44.9 Å². The summed E-state index contributed by atoms with van der Waals surface area (Å²) < 4.78 is 0. The molecule has 0 aromatic rings.